The molecule has 0 radical (unpaired) electrons. The van der Waals surface area contributed by atoms with Crippen LogP contribution in [0.25, 0.3) is 0 Å². The number of carbonyl (C=O) groups excluding carboxylic acids is 1. The van der Waals surface area contributed by atoms with Crippen molar-refractivity contribution in [3.05, 3.63) is 59.9 Å². The van der Waals surface area contributed by atoms with Crippen LogP contribution in [0.15, 0.2) is 48.8 Å². The van der Waals surface area contributed by atoms with Crippen LogP contribution in [0.3, 0.4) is 0 Å². The highest BCUT2D eigenvalue weighted by atomic mass is 16.1. The topological polar surface area (TPSA) is 109 Å². The standard InChI is InChI=1S/C20H21N7O/c1-13(28)24-17-3-2-4-18(10-17)25-19-22-12-23-20(26-19)27-8-7-14-9-16(21)6-5-15(14)11-27/h2-6,9-10,12H,7-8,11,21H2,1H3,(H,24,28)(H,22,23,25,26). The van der Waals surface area contributed by atoms with Crippen molar-refractivity contribution in [1.29, 1.82) is 0 Å². The lowest BCUT2D eigenvalue weighted by atomic mass is 9.99. The highest BCUT2D eigenvalue weighted by Crippen LogP contribution is 2.24. The molecule has 1 aromatic heterocycles. The van der Waals surface area contributed by atoms with E-state index in [4.69, 9.17) is 5.73 Å². The zero-order chi connectivity index (χ0) is 19.5. The van der Waals surface area contributed by atoms with Gasteiger partial charge in [-0.25, -0.2) is 9.97 Å². The smallest absolute Gasteiger partial charge is 0.232 e. The number of hydrogen-bond acceptors (Lipinski definition) is 7. The summed E-state index contributed by atoms with van der Waals surface area (Å²) in [6.07, 6.45) is 2.40. The van der Waals surface area contributed by atoms with Crippen LogP contribution >= 0.6 is 0 Å². The monoisotopic (exact) mass is 375 g/mol. The zero-order valence-electron chi connectivity index (χ0n) is 15.5. The van der Waals surface area contributed by atoms with Crippen LogP contribution in [-0.2, 0) is 17.8 Å². The fraction of sp³-hybridized carbons (Fsp3) is 0.200. The quantitative estimate of drug-likeness (QED) is 0.602. The number of nitrogens with two attached hydrogens (primary N) is 1. The van der Waals surface area contributed by atoms with Crippen LogP contribution in [0.4, 0.5) is 29.0 Å². The molecule has 8 nitrogen and oxygen atoms in total. The molecule has 0 saturated heterocycles. The van der Waals surface area contributed by atoms with Gasteiger partial charge < -0.3 is 21.3 Å². The van der Waals surface area contributed by atoms with E-state index in [1.165, 1.54) is 24.4 Å². The van der Waals surface area contributed by atoms with Gasteiger partial charge in [0.2, 0.25) is 17.8 Å². The molecule has 0 fully saturated rings. The number of benzene rings is 2. The zero-order valence-corrected chi connectivity index (χ0v) is 15.5. The molecule has 2 heterocycles. The second-order valence-electron chi connectivity index (χ2n) is 6.70. The Morgan fingerprint density at radius 2 is 1.96 bits per heavy atom. The summed E-state index contributed by atoms with van der Waals surface area (Å²) in [5, 5.41) is 5.93. The van der Waals surface area contributed by atoms with Gasteiger partial charge in [-0.15, -0.1) is 0 Å². The third-order valence-electron chi connectivity index (χ3n) is 4.52. The van der Waals surface area contributed by atoms with Gasteiger partial charge >= 0.3 is 0 Å². The Bertz CT molecular complexity index is 1020. The van der Waals surface area contributed by atoms with Crippen LogP contribution in [0.2, 0.25) is 0 Å². The molecule has 3 aromatic rings. The summed E-state index contributed by atoms with van der Waals surface area (Å²) in [5.74, 6) is 0.956. The second-order valence-corrected chi connectivity index (χ2v) is 6.70. The first-order valence-corrected chi connectivity index (χ1v) is 9.03. The van der Waals surface area contributed by atoms with E-state index >= 15 is 0 Å². The molecule has 1 aliphatic heterocycles. The Labute approximate surface area is 162 Å². The van der Waals surface area contributed by atoms with Crippen LogP contribution in [0.5, 0.6) is 0 Å². The summed E-state index contributed by atoms with van der Waals surface area (Å²) < 4.78 is 0. The van der Waals surface area contributed by atoms with Crippen molar-refractivity contribution in [1.82, 2.24) is 15.0 Å². The number of carbonyl (C=O) groups is 1. The Morgan fingerprint density at radius 3 is 2.82 bits per heavy atom. The predicted octanol–water partition coefficient (Wildman–Crippen LogP) is 2.72. The van der Waals surface area contributed by atoms with Gasteiger partial charge in [0.05, 0.1) is 0 Å². The van der Waals surface area contributed by atoms with Crippen molar-refractivity contribution in [3.63, 3.8) is 0 Å². The largest absolute Gasteiger partial charge is 0.399 e. The normalized spacial score (nSPS) is 13.0. The predicted molar refractivity (Wildman–Crippen MR) is 109 cm³/mol. The maximum absolute atomic E-state index is 11.2. The first-order chi connectivity index (χ1) is 13.6. The lowest BCUT2D eigenvalue weighted by Gasteiger charge is -2.29. The maximum atomic E-state index is 11.2. The molecule has 28 heavy (non-hydrogen) atoms. The molecule has 0 spiro atoms. The molecule has 2 aromatic carbocycles. The second kappa shape index (κ2) is 7.51. The van der Waals surface area contributed by atoms with E-state index in [9.17, 15) is 4.79 Å². The Hall–Kier alpha value is -3.68. The van der Waals surface area contributed by atoms with Crippen molar-refractivity contribution in [3.8, 4) is 0 Å². The Kier molecular flexibility index (Phi) is 4.76. The molecule has 142 valence electrons. The Morgan fingerprint density at radius 1 is 1.11 bits per heavy atom. The first-order valence-electron chi connectivity index (χ1n) is 9.03. The van der Waals surface area contributed by atoms with Crippen LogP contribution in [-0.4, -0.2) is 27.4 Å². The molecule has 0 bridgehead atoms. The molecule has 0 unspecified atom stereocenters. The summed E-state index contributed by atoms with van der Waals surface area (Å²) in [5.41, 5.74) is 10.7. The fourth-order valence-electron chi connectivity index (χ4n) is 3.25. The Balaban J connectivity index is 1.51. The number of aromatic nitrogens is 3. The molecular formula is C20H21N7O. The highest BCUT2D eigenvalue weighted by molar-refractivity contribution is 5.89. The number of nitrogens with zero attached hydrogens (tertiary/aromatic N) is 4. The minimum atomic E-state index is -0.119. The van der Waals surface area contributed by atoms with Gasteiger partial charge in [0.15, 0.2) is 0 Å². The van der Waals surface area contributed by atoms with Gasteiger partial charge in [-0.1, -0.05) is 12.1 Å². The molecule has 1 aliphatic rings. The van der Waals surface area contributed by atoms with Crippen molar-refractivity contribution in [2.24, 2.45) is 0 Å². The molecule has 1 amide bonds. The minimum absolute atomic E-state index is 0.119. The van der Waals surface area contributed by atoms with Crippen molar-refractivity contribution in [2.45, 2.75) is 19.9 Å². The van der Waals surface area contributed by atoms with E-state index in [-0.39, 0.29) is 5.91 Å². The van der Waals surface area contributed by atoms with E-state index < -0.39 is 0 Å². The number of fused-ring (bicyclic) bond motifs is 1. The molecule has 4 rings (SSSR count). The van der Waals surface area contributed by atoms with Gasteiger partial charge in [-0.05, 0) is 47.9 Å². The number of rotatable bonds is 4. The average Bonchev–Trinajstić information content (AvgIpc) is 2.67. The molecule has 0 atom stereocenters. The number of nitrogen functional groups attached to an aromatic ring is 1. The van der Waals surface area contributed by atoms with E-state index in [1.54, 1.807) is 0 Å². The molecule has 8 heteroatoms. The van der Waals surface area contributed by atoms with Crippen LogP contribution < -0.4 is 21.3 Å². The summed E-state index contributed by atoms with van der Waals surface area (Å²) in [6.45, 7) is 3.03. The number of nitrogens with one attached hydrogen (secondary N) is 2. The SMILES string of the molecule is CC(=O)Nc1cccc(Nc2ncnc(N3CCc4cc(N)ccc4C3)n2)c1. The van der Waals surface area contributed by atoms with Crippen LogP contribution in [0, 0.1) is 0 Å². The van der Waals surface area contributed by atoms with Gasteiger partial charge in [-0.3, -0.25) is 4.79 Å². The lowest BCUT2D eigenvalue weighted by Crippen LogP contribution is -2.32. The van der Waals surface area contributed by atoms with Crippen molar-refractivity contribution >= 4 is 34.9 Å². The van der Waals surface area contributed by atoms with Crippen LogP contribution in [0.1, 0.15) is 18.1 Å². The van der Waals surface area contributed by atoms with Gasteiger partial charge in [0, 0.05) is 37.1 Å². The van der Waals surface area contributed by atoms with Crippen molar-refractivity contribution < 1.29 is 4.79 Å². The van der Waals surface area contributed by atoms with E-state index in [0.29, 0.717) is 17.6 Å². The third-order valence-corrected chi connectivity index (χ3v) is 4.52. The van der Waals surface area contributed by atoms with E-state index in [2.05, 4.69) is 36.6 Å². The van der Waals surface area contributed by atoms with E-state index in [1.807, 2.05) is 36.4 Å². The number of amides is 1. The average molecular weight is 375 g/mol. The molecule has 4 N–H and O–H groups in total. The minimum Gasteiger partial charge on any atom is -0.399 e. The van der Waals surface area contributed by atoms with Gasteiger partial charge in [-0.2, -0.15) is 4.98 Å². The maximum Gasteiger partial charge on any atom is 0.232 e. The highest BCUT2D eigenvalue weighted by Gasteiger charge is 2.19. The molecular weight excluding hydrogens is 354 g/mol. The number of hydrogen-bond donors (Lipinski definition) is 3. The summed E-state index contributed by atoms with van der Waals surface area (Å²) in [6, 6.07) is 13.4. The summed E-state index contributed by atoms with van der Waals surface area (Å²) >= 11 is 0. The lowest BCUT2D eigenvalue weighted by molar-refractivity contribution is -0.114. The van der Waals surface area contributed by atoms with Gasteiger partial charge in [0.1, 0.15) is 6.33 Å². The van der Waals surface area contributed by atoms with Crippen molar-refractivity contribution in [2.75, 3.05) is 27.8 Å². The number of anilines is 5. The molecule has 0 saturated carbocycles. The molecule has 0 aliphatic carbocycles. The fourth-order valence-corrected chi connectivity index (χ4v) is 3.25. The van der Waals surface area contributed by atoms with Gasteiger partial charge in [0.25, 0.3) is 0 Å². The van der Waals surface area contributed by atoms with E-state index in [0.717, 1.165) is 30.9 Å². The first kappa shape index (κ1) is 17.7. The summed E-state index contributed by atoms with van der Waals surface area (Å²) in [4.78, 5) is 26.5. The summed E-state index contributed by atoms with van der Waals surface area (Å²) in [7, 11) is 0. The third kappa shape index (κ3) is 4.01.